The molecule has 0 bridgehead atoms. The lowest BCUT2D eigenvalue weighted by atomic mass is 10.1. The van der Waals surface area contributed by atoms with Crippen molar-refractivity contribution in [2.45, 2.75) is 6.42 Å². The van der Waals surface area contributed by atoms with Crippen molar-refractivity contribution in [1.29, 1.82) is 0 Å². The van der Waals surface area contributed by atoms with Crippen molar-refractivity contribution >= 4 is 11.6 Å². The van der Waals surface area contributed by atoms with Crippen molar-refractivity contribution in [3.05, 3.63) is 39.7 Å². The number of amides is 1. The monoisotopic (exact) mass is 198 g/mol. The third-order valence-electron chi connectivity index (χ3n) is 1.59. The van der Waals surface area contributed by atoms with Crippen molar-refractivity contribution in [1.82, 2.24) is 0 Å². The van der Waals surface area contributed by atoms with Gasteiger partial charge in [0.25, 0.3) is 0 Å². The topological polar surface area (TPSA) is 86.2 Å². The van der Waals surface area contributed by atoms with E-state index in [1.54, 1.807) is 0 Å². The molecule has 0 radical (unpaired) electrons. The summed E-state index contributed by atoms with van der Waals surface area (Å²) >= 11 is 0. The van der Waals surface area contributed by atoms with E-state index in [1.165, 1.54) is 6.07 Å². The predicted molar refractivity (Wildman–Crippen MR) is 46.0 cm³/mol. The molecule has 0 aliphatic carbocycles. The molecule has 5 nitrogen and oxygen atoms in total. The van der Waals surface area contributed by atoms with E-state index in [0.29, 0.717) is 5.56 Å². The molecular formula is C8H7FN2O3. The average Bonchev–Trinajstić information content (AvgIpc) is 2.01. The second-order valence-corrected chi connectivity index (χ2v) is 2.69. The molecule has 1 aromatic rings. The van der Waals surface area contributed by atoms with Crippen LogP contribution in [0.5, 0.6) is 0 Å². The van der Waals surface area contributed by atoms with Crippen LogP contribution in [0, 0.1) is 15.9 Å². The predicted octanol–water partition coefficient (Wildman–Crippen LogP) is 0.762. The number of rotatable bonds is 3. The van der Waals surface area contributed by atoms with Crippen LogP contribution in [0.1, 0.15) is 5.56 Å². The van der Waals surface area contributed by atoms with Gasteiger partial charge in [0.2, 0.25) is 11.7 Å². The highest BCUT2D eigenvalue weighted by molar-refractivity contribution is 5.76. The van der Waals surface area contributed by atoms with Crippen LogP contribution in [0.3, 0.4) is 0 Å². The fourth-order valence-corrected chi connectivity index (χ4v) is 1.01. The van der Waals surface area contributed by atoms with E-state index in [0.717, 1.165) is 12.1 Å². The molecule has 1 aromatic carbocycles. The van der Waals surface area contributed by atoms with Crippen LogP contribution in [0.25, 0.3) is 0 Å². The van der Waals surface area contributed by atoms with Gasteiger partial charge < -0.3 is 5.73 Å². The third-order valence-corrected chi connectivity index (χ3v) is 1.59. The standard InChI is InChI=1S/C8H7FN2O3/c9-6-3-5(4-8(10)12)1-2-7(6)11(13)14/h1-3H,4H2,(H2,10,12). The number of primary amides is 1. The van der Waals surface area contributed by atoms with Crippen molar-refractivity contribution in [3.63, 3.8) is 0 Å². The molecule has 0 fully saturated rings. The van der Waals surface area contributed by atoms with Crippen LogP contribution in [-0.4, -0.2) is 10.8 Å². The summed E-state index contributed by atoms with van der Waals surface area (Å²) in [5.74, 6) is -1.58. The molecule has 0 saturated heterocycles. The van der Waals surface area contributed by atoms with Gasteiger partial charge in [-0.15, -0.1) is 0 Å². The first-order chi connectivity index (χ1) is 6.50. The van der Waals surface area contributed by atoms with Gasteiger partial charge in [-0.1, -0.05) is 6.07 Å². The summed E-state index contributed by atoms with van der Waals surface area (Å²) in [5, 5.41) is 10.2. The molecule has 14 heavy (non-hydrogen) atoms. The number of hydrogen-bond donors (Lipinski definition) is 1. The highest BCUT2D eigenvalue weighted by Crippen LogP contribution is 2.17. The molecule has 2 N–H and O–H groups in total. The second kappa shape index (κ2) is 3.82. The molecule has 1 amide bonds. The van der Waals surface area contributed by atoms with Crippen LogP contribution in [0.2, 0.25) is 0 Å². The Bertz CT molecular complexity index is 392. The Hall–Kier alpha value is -1.98. The first kappa shape index (κ1) is 10.1. The molecule has 0 aliphatic rings. The third kappa shape index (κ3) is 2.25. The summed E-state index contributed by atoms with van der Waals surface area (Å²) in [6.45, 7) is 0. The van der Waals surface area contributed by atoms with E-state index in [9.17, 15) is 19.3 Å². The summed E-state index contributed by atoms with van der Waals surface area (Å²) in [6, 6.07) is 3.24. The van der Waals surface area contributed by atoms with E-state index in [4.69, 9.17) is 5.73 Å². The van der Waals surface area contributed by atoms with Gasteiger partial charge in [0, 0.05) is 6.07 Å². The van der Waals surface area contributed by atoms with Gasteiger partial charge in [-0.05, 0) is 11.6 Å². The van der Waals surface area contributed by atoms with E-state index < -0.39 is 22.3 Å². The van der Waals surface area contributed by atoms with Crippen LogP contribution < -0.4 is 5.73 Å². The number of carbonyl (C=O) groups is 1. The Labute approximate surface area is 78.5 Å². The maximum absolute atomic E-state index is 13.0. The zero-order valence-electron chi connectivity index (χ0n) is 7.07. The molecule has 1 rings (SSSR count). The summed E-state index contributed by atoms with van der Waals surface area (Å²) in [7, 11) is 0. The zero-order chi connectivity index (χ0) is 10.7. The molecule has 74 valence electrons. The number of benzene rings is 1. The maximum Gasteiger partial charge on any atom is 0.304 e. The Balaban J connectivity index is 3.00. The Morgan fingerprint density at radius 2 is 2.21 bits per heavy atom. The van der Waals surface area contributed by atoms with Gasteiger partial charge >= 0.3 is 5.69 Å². The van der Waals surface area contributed by atoms with Crippen molar-refractivity contribution < 1.29 is 14.1 Å². The Morgan fingerprint density at radius 3 is 2.64 bits per heavy atom. The summed E-state index contributed by atoms with van der Waals surface area (Å²) in [4.78, 5) is 19.9. The van der Waals surface area contributed by atoms with Gasteiger partial charge in [0.05, 0.1) is 11.3 Å². The zero-order valence-corrected chi connectivity index (χ0v) is 7.07. The molecule has 0 aromatic heterocycles. The van der Waals surface area contributed by atoms with E-state index in [1.807, 2.05) is 0 Å². The Morgan fingerprint density at radius 1 is 1.57 bits per heavy atom. The molecule has 0 aliphatic heterocycles. The normalized spacial score (nSPS) is 9.79. The molecule has 0 spiro atoms. The summed E-state index contributed by atoms with van der Waals surface area (Å²) < 4.78 is 13.0. The van der Waals surface area contributed by atoms with Crippen LogP contribution >= 0.6 is 0 Å². The fourth-order valence-electron chi connectivity index (χ4n) is 1.01. The van der Waals surface area contributed by atoms with E-state index in [2.05, 4.69) is 0 Å². The maximum atomic E-state index is 13.0. The Kier molecular flexibility index (Phi) is 2.76. The largest absolute Gasteiger partial charge is 0.369 e. The minimum atomic E-state index is -0.964. The van der Waals surface area contributed by atoms with Gasteiger partial charge in [-0.2, -0.15) is 4.39 Å². The fraction of sp³-hybridized carbons (Fsp3) is 0.125. The molecular weight excluding hydrogens is 191 g/mol. The van der Waals surface area contributed by atoms with Gasteiger partial charge in [-0.25, -0.2) is 0 Å². The average molecular weight is 198 g/mol. The minimum absolute atomic E-state index is 0.130. The first-order valence-electron chi connectivity index (χ1n) is 3.72. The van der Waals surface area contributed by atoms with E-state index in [-0.39, 0.29) is 6.42 Å². The number of nitrogens with two attached hydrogens (primary N) is 1. The second-order valence-electron chi connectivity index (χ2n) is 2.69. The summed E-state index contributed by atoms with van der Waals surface area (Å²) in [6.07, 6.45) is -0.130. The molecule has 0 unspecified atom stereocenters. The highest BCUT2D eigenvalue weighted by Gasteiger charge is 2.13. The SMILES string of the molecule is NC(=O)Cc1ccc([N+](=O)[O-])c(F)c1. The quantitative estimate of drug-likeness (QED) is 0.574. The van der Waals surface area contributed by atoms with Crippen LogP contribution in [-0.2, 0) is 11.2 Å². The smallest absolute Gasteiger partial charge is 0.304 e. The number of nitro benzene ring substituents is 1. The van der Waals surface area contributed by atoms with Crippen molar-refractivity contribution in [3.8, 4) is 0 Å². The van der Waals surface area contributed by atoms with E-state index >= 15 is 0 Å². The first-order valence-corrected chi connectivity index (χ1v) is 3.72. The van der Waals surface area contributed by atoms with Crippen LogP contribution in [0.15, 0.2) is 18.2 Å². The molecule has 0 heterocycles. The van der Waals surface area contributed by atoms with Crippen molar-refractivity contribution in [2.75, 3.05) is 0 Å². The number of nitro groups is 1. The molecule has 0 atom stereocenters. The van der Waals surface area contributed by atoms with Crippen molar-refractivity contribution in [2.24, 2.45) is 5.73 Å². The lowest BCUT2D eigenvalue weighted by Gasteiger charge is -1.98. The number of hydrogen-bond acceptors (Lipinski definition) is 3. The van der Waals surface area contributed by atoms with Gasteiger partial charge in [0.1, 0.15) is 0 Å². The van der Waals surface area contributed by atoms with Gasteiger partial charge in [-0.3, -0.25) is 14.9 Å². The van der Waals surface area contributed by atoms with Crippen LogP contribution in [0.4, 0.5) is 10.1 Å². The molecule has 6 heteroatoms. The highest BCUT2D eigenvalue weighted by atomic mass is 19.1. The lowest BCUT2D eigenvalue weighted by Crippen LogP contribution is -2.13. The number of carbonyl (C=O) groups excluding carboxylic acids is 1. The number of halogens is 1. The minimum Gasteiger partial charge on any atom is -0.369 e. The molecule has 0 saturated carbocycles. The number of nitrogens with zero attached hydrogens (tertiary/aromatic N) is 1. The lowest BCUT2D eigenvalue weighted by molar-refractivity contribution is -0.387. The van der Waals surface area contributed by atoms with Gasteiger partial charge in [0.15, 0.2) is 0 Å². The summed E-state index contributed by atoms with van der Waals surface area (Å²) in [5.41, 5.74) is 4.58.